The first kappa shape index (κ1) is 16.7. The summed E-state index contributed by atoms with van der Waals surface area (Å²) in [5.74, 6) is 0.120. The van der Waals surface area contributed by atoms with Crippen LogP contribution < -0.4 is 5.32 Å². The van der Waals surface area contributed by atoms with E-state index in [1.54, 1.807) is 0 Å². The highest BCUT2D eigenvalue weighted by Gasteiger charge is 2.22. The summed E-state index contributed by atoms with van der Waals surface area (Å²) < 4.78 is 0. The van der Waals surface area contributed by atoms with Gasteiger partial charge in [-0.25, -0.2) is 0 Å². The van der Waals surface area contributed by atoms with Crippen molar-refractivity contribution in [3.8, 4) is 0 Å². The second-order valence-electron chi connectivity index (χ2n) is 6.50. The molecule has 1 amide bonds. The normalized spacial score (nSPS) is 16.7. The van der Waals surface area contributed by atoms with Crippen LogP contribution >= 0.6 is 0 Å². The first-order chi connectivity index (χ1) is 11.8. The van der Waals surface area contributed by atoms with E-state index in [1.807, 2.05) is 18.2 Å². The molecule has 0 saturated carbocycles. The molecule has 3 heteroatoms. The number of hydrogen-bond acceptors (Lipinski definition) is 2. The van der Waals surface area contributed by atoms with Gasteiger partial charge in [-0.05, 0) is 42.5 Å². The van der Waals surface area contributed by atoms with Gasteiger partial charge in [0.05, 0.1) is 12.6 Å². The first-order valence-electron chi connectivity index (χ1n) is 8.89. The Morgan fingerprint density at radius 2 is 1.88 bits per heavy atom. The van der Waals surface area contributed by atoms with E-state index in [0.717, 1.165) is 32.4 Å². The van der Waals surface area contributed by atoms with Crippen LogP contribution in [-0.2, 0) is 17.8 Å². The Hall–Kier alpha value is -2.13. The molecule has 0 radical (unpaired) electrons. The molecule has 0 aromatic heterocycles. The molecule has 0 fully saturated rings. The van der Waals surface area contributed by atoms with Crippen LogP contribution in [0.2, 0.25) is 0 Å². The lowest BCUT2D eigenvalue weighted by Gasteiger charge is -2.28. The zero-order chi connectivity index (χ0) is 16.8. The summed E-state index contributed by atoms with van der Waals surface area (Å²) in [7, 11) is 0. The highest BCUT2D eigenvalue weighted by Crippen LogP contribution is 2.29. The predicted octanol–water partition coefficient (Wildman–Crippen LogP) is 3.70. The quantitative estimate of drug-likeness (QED) is 0.879. The molecule has 0 heterocycles. The second-order valence-corrected chi connectivity index (χ2v) is 6.50. The lowest BCUT2D eigenvalue weighted by atomic mass is 9.88. The van der Waals surface area contributed by atoms with Crippen LogP contribution in [0.1, 0.15) is 42.5 Å². The van der Waals surface area contributed by atoms with Crippen molar-refractivity contribution in [2.75, 3.05) is 13.1 Å². The van der Waals surface area contributed by atoms with E-state index in [2.05, 4.69) is 53.5 Å². The van der Waals surface area contributed by atoms with Crippen LogP contribution in [0, 0.1) is 0 Å². The molecule has 126 valence electrons. The average molecular weight is 322 g/mol. The lowest BCUT2D eigenvalue weighted by Crippen LogP contribution is -2.39. The Bertz CT molecular complexity index is 669. The molecule has 0 bridgehead atoms. The van der Waals surface area contributed by atoms with Crippen LogP contribution in [0.5, 0.6) is 0 Å². The molecule has 1 aliphatic carbocycles. The second kappa shape index (κ2) is 8.11. The van der Waals surface area contributed by atoms with Crippen molar-refractivity contribution in [3.05, 3.63) is 71.3 Å². The Morgan fingerprint density at radius 1 is 1.12 bits per heavy atom. The van der Waals surface area contributed by atoms with E-state index in [0.29, 0.717) is 6.54 Å². The molecule has 2 aromatic carbocycles. The SMILES string of the molecule is CCN(CC(=O)N[C@@H]1CCCc2ccccc21)Cc1ccccc1. The van der Waals surface area contributed by atoms with Gasteiger partial charge < -0.3 is 5.32 Å². The average Bonchev–Trinajstić information content (AvgIpc) is 2.62. The van der Waals surface area contributed by atoms with Crippen molar-refractivity contribution in [3.63, 3.8) is 0 Å². The van der Waals surface area contributed by atoms with Crippen LogP contribution in [0.3, 0.4) is 0 Å². The zero-order valence-corrected chi connectivity index (χ0v) is 14.4. The van der Waals surface area contributed by atoms with Crippen molar-refractivity contribution in [1.29, 1.82) is 0 Å². The van der Waals surface area contributed by atoms with Crippen LogP contribution in [0.15, 0.2) is 54.6 Å². The van der Waals surface area contributed by atoms with Gasteiger partial charge >= 0.3 is 0 Å². The highest BCUT2D eigenvalue weighted by molar-refractivity contribution is 5.78. The number of fused-ring (bicyclic) bond motifs is 1. The molecule has 24 heavy (non-hydrogen) atoms. The minimum absolute atomic E-state index is 0.120. The number of carbonyl (C=O) groups excluding carboxylic acids is 1. The Balaban J connectivity index is 1.59. The molecule has 0 spiro atoms. The number of aryl methyl sites for hydroxylation is 1. The van der Waals surface area contributed by atoms with Gasteiger partial charge in [0.2, 0.25) is 5.91 Å². The van der Waals surface area contributed by atoms with E-state index in [4.69, 9.17) is 0 Å². The van der Waals surface area contributed by atoms with Crippen molar-refractivity contribution >= 4 is 5.91 Å². The Morgan fingerprint density at radius 3 is 2.67 bits per heavy atom. The third-order valence-electron chi connectivity index (χ3n) is 4.77. The minimum atomic E-state index is 0.120. The number of nitrogens with one attached hydrogen (secondary N) is 1. The topological polar surface area (TPSA) is 32.3 Å². The Kier molecular flexibility index (Phi) is 5.65. The van der Waals surface area contributed by atoms with Crippen LogP contribution in [-0.4, -0.2) is 23.9 Å². The number of benzene rings is 2. The van der Waals surface area contributed by atoms with E-state index in [1.165, 1.54) is 16.7 Å². The number of rotatable bonds is 6. The number of amides is 1. The summed E-state index contributed by atoms with van der Waals surface area (Å²) >= 11 is 0. The summed E-state index contributed by atoms with van der Waals surface area (Å²) in [5, 5.41) is 3.25. The molecule has 1 atom stereocenters. The molecule has 3 rings (SSSR count). The Labute approximate surface area is 144 Å². The van der Waals surface area contributed by atoms with Crippen molar-refractivity contribution in [2.24, 2.45) is 0 Å². The molecule has 1 aliphatic rings. The maximum Gasteiger partial charge on any atom is 0.234 e. The molecule has 1 N–H and O–H groups in total. The molecular formula is C21H26N2O. The standard InChI is InChI=1S/C21H26N2O/c1-2-23(15-17-9-4-3-5-10-17)16-21(24)22-20-14-8-12-18-11-6-7-13-19(18)20/h3-7,9-11,13,20H,2,8,12,14-16H2,1H3,(H,22,24)/t20-/m1/s1. The van der Waals surface area contributed by atoms with Gasteiger partial charge in [0.1, 0.15) is 0 Å². The van der Waals surface area contributed by atoms with Gasteiger partial charge in [-0.1, -0.05) is 61.5 Å². The predicted molar refractivity (Wildman–Crippen MR) is 97.7 cm³/mol. The fraction of sp³-hybridized carbons (Fsp3) is 0.381. The summed E-state index contributed by atoms with van der Waals surface area (Å²) in [6.45, 7) is 4.23. The van der Waals surface area contributed by atoms with Crippen molar-refractivity contribution < 1.29 is 4.79 Å². The fourth-order valence-corrected chi connectivity index (χ4v) is 3.47. The van der Waals surface area contributed by atoms with Gasteiger partial charge in [-0.3, -0.25) is 9.69 Å². The van der Waals surface area contributed by atoms with Crippen LogP contribution in [0.4, 0.5) is 0 Å². The smallest absolute Gasteiger partial charge is 0.234 e. The molecule has 2 aromatic rings. The summed E-state index contributed by atoms with van der Waals surface area (Å²) in [4.78, 5) is 14.7. The van der Waals surface area contributed by atoms with Gasteiger partial charge in [0.15, 0.2) is 0 Å². The summed E-state index contributed by atoms with van der Waals surface area (Å²) in [6, 6.07) is 19.0. The molecule has 3 nitrogen and oxygen atoms in total. The minimum Gasteiger partial charge on any atom is -0.348 e. The maximum atomic E-state index is 12.5. The maximum absolute atomic E-state index is 12.5. The third-order valence-corrected chi connectivity index (χ3v) is 4.77. The highest BCUT2D eigenvalue weighted by atomic mass is 16.2. The van der Waals surface area contributed by atoms with Gasteiger partial charge in [-0.15, -0.1) is 0 Å². The zero-order valence-electron chi connectivity index (χ0n) is 14.4. The van der Waals surface area contributed by atoms with Crippen molar-refractivity contribution in [2.45, 2.75) is 38.8 Å². The van der Waals surface area contributed by atoms with Gasteiger partial charge in [0.25, 0.3) is 0 Å². The third kappa shape index (κ3) is 4.24. The van der Waals surface area contributed by atoms with E-state index < -0.39 is 0 Å². The molecule has 0 unspecified atom stereocenters. The first-order valence-corrected chi connectivity index (χ1v) is 8.89. The number of nitrogens with zero attached hydrogens (tertiary/aromatic N) is 1. The summed E-state index contributed by atoms with van der Waals surface area (Å²) in [6.07, 6.45) is 3.30. The largest absolute Gasteiger partial charge is 0.348 e. The number of likely N-dealkylation sites (N-methyl/N-ethyl adjacent to an activating group) is 1. The van der Waals surface area contributed by atoms with Crippen LogP contribution in [0.25, 0.3) is 0 Å². The number of hydrogen-bond donors (Lipinski definition) is 1. The van der Waals surface area contributed by atoms with Gasteiger partial charge in [-0.2, -0.15) is 0 Å². The fourth-order valence-electron chi connectivity index (χ4n) is 3.47. The van der Waals surface area contributed by atoms with Crippen molar-refractivity contribution in [1.82, 2.24) is 10.2 Å². The van der Waals surface area contributed by atoms with E-state index in [9.17, 15) is 4.79 Å². The monoisotopic (exact) mass is 322 g/mol. The van der Waals surface area contributed by atoms with E-state index in [-0.39, 0.29) is 11.9 Å². The summed E-state index contributed by atoms with van der Waals surface area (Å²) in [5.41, 5.74) is 3.92. The number of carbonyl (C=O) groups is 1. The lowest BCUT2D eigenvalue weighted by molar-refractivity contribution is -0.123. The molecule has 0 aliphatic heterocycles. The molecule has 0 saturated heterocycles. The van der Waals surface area contributed by atoms with E-state index >= 15 is 0 Å². The molecular weight excluding hydrogens is 296 g/mol. The van der Waals surface area contributed by atoms with Gasteiger partial charge in [0, 0.05) is 6.54 Å².